The van der Waals surface area contributed by atoms with E-state index in [9.17, 15) is 21.6 Å². The highest BCUT2D eigenvalue weighted by atomic mass is 32.2. The van der Waals surface area contributed by atoms with Crippen molar-refractivity contribution in [2.24, 2.45) is 0 Å². The molecular formula is C17H18F3N3O4S. The molecule has 0 aliphatic carbocycles. The van der Waals surface area contributed by atoms with Gasteiger partial charge in [-0.05, 0) is 31.0 Å². The van der Waals surface area contributed by atoms with E-state index in [-0.39, 0.29) is 23.7 Å². The number of sulfonamides is 1. The Hall–Kier alpha value is -2.40. The molecule has 0 spiro atoms. The molecule has 0 bridgehead atoms. The minimum absolute atomic E-state index is 0.0217. The number of piperidine rings is 1. The average Bonchev–Trinajstić information content (AvgIpc) is 2.67. The summed E-state index contributed by atoms with van der Waals surface area (Å²) in [5, 5.41) is 0. The number of alkyl halides is 3. The Morgan fingerprint density at radius 3 is 2.68 bits per heavy atom. The smallest absolute Gasteiger partial charge is 0.433 e. The summed E-state index contributed by atoms with van der Waals surface area (Å²) in [7, 11) is -2.48. The largest absolute Gasteiger partial charge is 0.495 e. The van der Waals surface area contributed by atoms with Gasteiger partial charge in [-0.2, -0.15) is 22.5 Å². The number of benzene rings is 1. The van der Waals surface area contributed by atoms with Crippen LogP contribution in [0.15, 0.2) is 41.4 Å². The molecule has 7 nitrogen and oxygen atoms in total. The molecule has 1 fully saturated rings. The fourth-order valence-electron chi connectivity index (χ4n) is 2.90. The van der Waals surface area contributed by atoms with Gasteiger partial charge in [0, 0.05) is 12.7 Å². The number of aromatic nitrogens is 2. The molecule has 1 atom stereocenters. The molecule has 1 aliphatic heterocycles. The van der Waals surface area contributed by atoms with Gasteiger partial charge in [0.1, 0.15) is 16.7 Å². The second-order valence-electron chi connectivity index (χ2n) is 6.12. The van der Waals surface area contributed by atoms with E-state index in [4.69, 9.17) is 9.47 Å². The highest BCUT2D eigenvalue weighted by molar-refractivity contribution is 7.89. The van der Waals surface area contributed by atoms with Crippen molar-refractivity contribution in [1.82, 2.24) is 14.3 Å². The monoisotopic (exact) mass is 417 g/mol. The minimum atomic E-state index is -4.62. The number of methoxy groups -OCH3 is 1. The van der Waals surface area contributed by atoms with Crippen molar-refractivity contribution < 1.29 is 31.1 Å². The second kappa shape index (κ2) is 7.92. The number of hydrogen-bond donors (Lipinski definition) is 0. The number of halogens is 3. The summed E-state index contributed by atoms with van der Waals surface area (Å²) in [6, 6.07) is 6.54. The fraction of sp³-hybridized carbons (Fsp3) is 0.412. The van der Waals surface area contributed by atoms with Crippen LogP contribution < -0.4 is 9.47 Å². The van der Waals surface area contributed by atoms with Gasteiger partial charge in [0.2, 0.25) is 10.0 Å². The Bertz CT molecular complexity index is 937. The van der Waals surface area contributed by atoms with Gasteiger partial charge in [-0.25, -0.2) is 13.4 Å². The van der Waals surface area contributed by atoms with E-state index >= 15 is 0 Å². The van der Waals surface area contributed by atoms with E-state index in [1.165, 1.54) is 17.5 Å². The van der Waals surface area contributed by atoms with Crippen molar-refractivity contribution in [3.8, 4) is 11.8 Å². The number of para-hydroxylation sites is 1. The third kappa shape index (κ3) is 4.36. The third-order valence-corrected chi connectivity index (χ3v) is 6.13. The van der Waals surface area contributed by atoms with Crippen LogP contribution >= 0.6 is 0 Å². The standard InChI is InChI=1S/C17H18F3N3O4S/c1-26-13-6-2-3-7-14(13)28(24,25)23-10-4-5-12(11-23)27-16-21-9-8-15(22-16)17(18,19)20/h2-3,6-9,12H,4-5,10-11H2,1H3. The van der Waals surface area contributed by atoms with Crippen molar-refractivity contribution in [1.29, 1.82) is 0 Å². The molecule has 0 saturated carbocycles. The lowest BCUT2D eigenvalue weighted by atomic mass is 10.1. The third-order valence-electron chi connectivity index (χ3n) is 4.22. The first-order valence-corrected chi connectivity index (χ1v) is 9.86. The van der Waals surface area contributed by atoms with Gasteiger partial charge < -0.3 is 9.47 Å². The number of rotatable bonds is 5. The average molecular weight is 417 g/mol. The zero-order chi connectivity index (χ0) is 20.4. The lowest BCUT2D eigenvalue weighted by Crippen LogP contribution is -2.44. The van der Waals surface area contributed by atoms with E-state index in [1.807, 2.05) is 0 Å². The van der Waals surface area contributed by atoms with Crippen LogP contribution in [0.4, 0.5) is 13.2 Å². The van der Waals surface area contributed by atoms with Crippen LogP contribution in [0.2, 0.25) is 0 Å². The quantitative estimate of drug-likeness (QED) is 0.744. The summed E-state index contributed by atoms with van der Waals surface area (Å²) in [6.45, 7) is 0.240. The Morgan fingerprint density at radius 1 is 1.21 bits per heavy atom. The Balaban J connectivity index is 1.77. The topological polar surface area (TPSA) is 81.6 Å². The molecule has 1 aromatic heterocycles. The first-order chi connectivity index (χ1) is 13.2. The number of hydrogen-bond acceptors (Lipinski definition) is 6. The molecule has 152 valence electrons. The summed E-state index contributed by atoms with van der Waals surface area (Å²) in [5.41, 5.74) is -1.12. The predicted molar refractivity (Wildman–Crippen MR) is 92.4 cm³/mol. The molecule has 1 aromatic carbocycles. The van der Waals surface area contributed by atoms with Gasteiger partial charge in [0.15, 0.2) is 5.69 Å². The van der Waals surface area contributed by atoms with Gasteiger partial charge in [-0.3, -0.25) is 0 Å². The molecule has 3 rings (SSSR count). The first-order valence-electron chi connectivity index (χ1n) is 8.42. The minimum Gasteiger partial charge on any atom is -0.495 e. The first kappa shape index (κ1) is 20.3. The van der Waals surface area contributed by atoms with Crippen LogP contribution in [0.5, 0.6) is 11.8 Å². The molecule has 28 heavy (non-hydrogen) atoms. The highest BCUT2D eigenvalue weighted by Gasteiger charge is 2.35. The van der Waals surface area contributed by atoms with Crippen molar-refractivity contribution in [2.75, 3.05) is 20.2 Å². The zero-order valence-corrected chi connectivity index (χ0v) is 15.7. The Labute approximate surface area is 160 Å². The second-order valence-corrected chi connectivity index (χ2v) is 8.02. The van der Waals surface area contributed by atoms with Crippen molar-refractivity contribution in [2.45, 2.75) is 30.0 Å². The molecular weight excluding hydrogens is 399 g/mol. The van der Waals surface area contributed by atoms with E-state index in [0.29, 0.717) is 12.8 Å². The van der Waals surface area contributed by atoms with E-state index < -0.39 is 34.0 Å². The number of ether oxygens (including phenoxy) is 2. The zero-order valence-electron chi connectivity index (χ0n) is 14.9. The summed E-state index contributed by atoms with van der Waals surface area (Å²) in [5.74, 6) is 0.215. The Kier molecular flexibility index (Phi) is 5.75. The maximum absolute atomic E-state index is 13.0. The van der Waals surface area contributed by atoms with E-state index in [1.54, 1.807) is 18.2 Å². The van der Waals surface area contributed by atoms with Crippen LogP contribution in [-0.2, 0) is 16.2 Å². The molecule has 0 N–H and O–H groups in total. The molecule has 2 aromatic rings. The maximum Gasteiger partial charge on any atom is 0.433 e. The predicted octanol–water partition coefficient (Wildman–Crippen LogP) is 2.74. The van der Waals surface area contributed by atoms with Crippen LogP contribution in [-0.4, -0.2) is 49.0 Å². The molecule has 11 heteroatoms. The van der Waals surface area contributed by atoms with Crippen LogP contribution in [0.1, 0.15) is 18.5 Å². The SMILES string of the molecule is COc1ccccc1S(=O)(=O)N1CCCC(Oc2nccc(C(F)(F)F)n2)C1. The molecule has 0 radical (unpaired) electrons. The summed E-state index contributed by atoms with van der Waals surface area (Å²) >= 11 is 0. The molecule has 1 aliphatic rings. The van der Waals surface area contributed by atoms with Crippen LogP contribution in [0.3, 0.4) is 0 Å². The maximum atomic E-state index is 13.0. The van der Waals surface area contributed by atoms with Crippen molar-refractivity contribution in [3.63, 3.8) is 0 Å². The molecule has 0 amide bonds. The summed E-state index contributed by atoms with van der Waals surface area (Å²) in [6.07, 6.45) is -3.37. The van der Waals surface area contributed by atoms with Gasteiger partial charge >= 0.3 is 12.2 Å². The van der Waals surface area contributed by atoms with Gasteiger partial charge in [0.05, 0.1) is 13.7 Å². The normalized spacial score (nSPS) is 18.6. The van der Waals surface area contributed by atoms with E-state index in [0.717, 1.165) is 12.3 Å². The summed E-state index contributed by atoms with van der Waals surface area (Å²) < 4.78 is 76.1. The van der Waals surface area contributed by atoms with Crippen LogP contribution in [0, 0.1) is 0 Å². The van der Waals surface area contributed by atoms with Crippen molar-refractivity contribution >= 4 is 10.0 Å². The lowest BCUT2D eigenvalue weighted by Gasteiger charge is -2.31. The van der Waals surface area contributed by atoms with Gasteiger partial charge in [-0.15, -0.1) is 0 Å². The Morgan fingerprint density at radius 2 is 1.96 bits per heavy atom. The van der Waals surface area contributed by atoms with Crippen molar-refractivity contribution in [3.05, 3.63) is 42.2 Å². The molecule has 2 heterocycles. The number of nitrogens with zero attached hydrogens (tertiary/aromatic N) is 3. The fourth-order valence-corrected chi connectivity index (χ4v) is 4.56. The highest BCUT2D eigenvalue weighted by Crippen LogP contribution is 2.30. The van der Waals surface area contributed by atoms with Gasteiger partial charge in [-0.1, -0.05) is 12.1 Å². The molecule has 1 saturated heterocycles. The van der Waals surface area contributed by atoms with Gasteiger partial charge in [0.25, 0.3) is 0 Å². The summed E-state index contributed by atoms with van der Waals surface area (Å²) in [4.78, 5) is 7.08. The lowest BCUT2D eigenvalue weighted by molar-refractivity contribution is -0.141. The molecule has 1 unspecified atom stereocenters. The van der Waals surface area contributed by atoms with Crippen LogP contribution in [0.25, 0.3) is 0 Å². The van der Waals surface area contributed by atoms with E-state index in [2.05, 4.69) is 9.97 Å².